The standard InChI is InChI=1S/C16H21FN2/c1-11-8-15(13(3)19(11)4)10-18-12(2)14-6-5-7-16(17)9-14/h5-9,12,18H,10H2,1-4H3/t12-/m1/s1. The van der Waals surface area contributed by atoms with Crippen LogP contribution in [0, 0.1) is 19.7 Å². The second-order valence-electron chi connectivity index (χ2n) is 5.11. The van der Waals surface area contributed by atoms with Crippen LogP contribution in [-0.4, -0.2) is 4.57 Å². The molecule has 0 spiro atoms. The number of benzene rings is 1. The van der Waals surface area contributed by atoms with Gasteiger partial charge in [-0.3, -0.25) is 0 Å². The number of nitrogens with zero attached hydrogens (tertiary/aromatic N) is 1. The van der Waals surface area contributed by atoms with Gasteiger partial charge in [-0.2, -0.15) is 0 Å². The molecule has 1 N–H and O–H groups in total. The molecular formula is C16H21FN2. The summed E-state index contributed by atoms with van der Waals surface area (Å²) in [5, 5.41) is 3.44. The molecule has 1 heterocycles. The second kappa shape index (κ2) is 5.57. The maximum absolute atomic E-state index is 13.2. The number of rotatable bonds is 4. The van der Waals surface area contributed by atoms with Gasteiger partial charge in [-0.15, -0.1) is 0 Å². The van der Waals surface area contributed by atoms with Gasteiger partial charge in [-0.25, -0.2) is 4.39 Å². The van der Waals surface area contributed by atoms with Gasteiger partial charge in [0.25, 0.3) is 0 Å². The third kappa shape index (κ3) is 3.04. The molecule has 3 heteroatoms. The zero-order valence-electron chi connectivity index (χ0n) is 12.0. The maximum Gasteiger partial charge on any atom is 0.123 e. The zero-order chi connectivity index (χ0) is 14.0. The summed E-state index contributed by atoms with van der Waals surface area (Å²) in [4.78, 5) is 0. The number of hydrogen-bond donors (Lipinski definition) is 1. The fraction of sp³-hybridized carbons (Fsp3) is 0.375. The predicted molar refractivity (Wildman–Crippen MR) is 76.5 cm³/mol. The Hall–Kier alpha value is -1.61. The molecule has 0 aliphatic rings. The van der Waals surface area contributed by atoms with E-state index in [1.165, 1.54) is 23.0 Å². The van der Waals surface area contributed by atoms with Crippen LogP contribution in [0.15, 0.2) is 30.3 Å². The molecule has 2 nitrogen and oxygen atoms in total. The Balaban J connectivity index is 2.04. The molecule has 0 unspecified atom stereocenters. The number of aromatic nitrogens is 1. The van der Waals surface area contributed by atoms with Crippen LogP contribution in [0.1, 0.15) is 35.5 Å². The number of halogens is 1. The monoisotopic (exact) mass is 260 g/mol. The van der Waals surface area contributed by atoms with Gasteiger partial charge in [0.2, 0.25) is 0 Å². The first-order valence-corrected chi connectivity index (χ1v) is 6.59. The van der Waals surface area contributed by atoms with Crippen LogP contribution in [0.5, 0.6) is 0 Å². The summed E-state index contributed by atoms with van der Waals surface area (Å²) < 4.78 is 15.4. The van der Waals surface area contributed by atoms with Crippen molar-refractivity contribution in [3.05, 3.63) is 58.7 Å². The predicted octanol–water partition coefficient (Wildman–Crippen LogP) is 3.63. The summed E-state index contributed by atoms with van der Waals surface area (Å²) in [5.74, 6) is -0.183. The van der Waals surface area contributed by atoms with E-state index in [0.717, 1.165) is 12.1 Å². The third-order valence-electron chi connectivity index (χ3n) is 3.83. The lowest BCUT2D eigenvalue weighted by atomic mass is 10.1. The minimum Gasteiger partial charge on any atom is -0.352 e. The Morgan fingerprint density at radius 2 is 2.00 bits per heavy atom. The number of hydrogen-bond acceptors (Lipinski definition) is 1. The molecule has 1 atom stereocenters. The molecule has 2 aromatic rings. The van der Waals surface area contributed by atoms with Crippen molar-refractivity contribution in [1.29, 1.82) is 0 Å². The quantitative estimate of drug-likeness (QED) is 0.888. The second-order valence-corrected chi connectivity index (χ2v) is 5.11. The molecule has 0 aliphatic heterocycles. The van der Waals surface area contributed by atoms with Crippen LogP contribution in [0.3, 0.4) is 0 Å². The summed E-state index contributed by atoms with van der Waals surface area (Å²) >= 11 is 0. The smallest absolute Gasteiger partial charge is 0.123 e. The van der Waals surface area contributed by atoms with Crippen molar-refractivity contribution in [2.75, 3.05) is 0 Å². The molecular weight excluding hydrogens is 239 g/mol. The summed E-state index contributed by atoms with van der Waals surface area (Å²) in [6.45, 7) is 7.08. The molecule has 0 saturated carbocycles. The summed E-state index contributed by atoms with van der Waals surface area (Å²) in [6, 6.07) is 9.09. The van der Waals surface area contributed by atoms with Gasteiger partial charge in [0.1, 0.15) is 5.82 Å². The first kappa shape index (κ1) is 13.8. The maximum atomic E-state index is 13.2. The minimum absolute atomic E-state index is 0.135. The summed E-state index contributed by atoms with van der Waals surface area (Å²) in [7, 11) is 2.07. The van der Waals surface area contributed by atoms with E-state index >= 15 is 0 Å². The van der Waals surface area contributed by atoms with Gasteiger partial charge < -0.3 is 9.88 Å². The fourth-order valence-electron chi connectivity index (χ4n) is 2.27. The third-order valence-corrected chi connectivity index (χ3v) is 3.83. The lowest BCUT2D eigenvalue weighted by Gasteiger charge is -2.14. The lowest BCUT2D eigenvalue weighted by molar-refractivity contribution is 0.563. The SMILES string of the molecule is Cc1cc(CN[C@H](C)c2cccc(F)c2)c(C)n1C. The van der Waals surface area contributed by atoms with E-state index in [1.807, 2.05) is 6.07 Å². The highest BCUT2D eigenvalue weighted by atomic mass is 19.1. The van der Waals surface area contributed by atoms with Gasteiger partial charge in [-0.05, 0) is 50.1 Å². The van der Waals surface area contributed by atoms with Crippen LogP contribution < -0.4 is 5.32 Å². The molecule has 0 aliphatic carbocycles. The van der Waals surface area contributed by atoms with Crippen molar-refractivity contribution in [2.24, 2.45) is 7.05 Å². The average Bonchev–Trinajstić information content (AvgIpc) is 2.63. The molecule has 1 aromatic carbocycles. The number of aryl methyl sites for hydroxylation is 1. The molecule has 19 heavy (non-hydrogen) atoms. The van der Waals surface area contributed by atoms with E-state index < -0.39 is 0 Å². The van der Waals surface area contributed by atoms with Gasteiger partial charge in [0.05, 0.1) is 0 Å². The normalized spacial score (nSPS) is 12.7. The van der Waals surface area contributed by atoms with Crippen molar-refractivity contribution >= 4 is 0 Å². The van der Waals surface area contributed by atoms with Gasteiger partial charge in [-0.1, -0.05) is 12.1 Å². The van der Waals surface area contributed by atoms with Crippen LogP contribution in [0.2, 0.25) is 0 Å². The van der Waals surface area contributed by atoms with Crippen LogP contribution in [0.25, 0.3) is 0 Å². The lowest BCUT2D eigenvalue weighted by Crippen LogP contribution is -2.18. The fourth-order valence-corrected chi connectivity index (χ4v) is 2.27. The summed E-state index contributed by atoms with van der Waals surface area (Å²) in [6.07, 6.45) is 0. The van der Waals surface area contributed by atoms with Crippen LogP contribution >= 0.6 is 0 Å². The minimum atomic E-state index is -0.183. The van der Waals surface area contributed by atoms with E-state index in [2.05, 4.69) is 43.8 Å². The molecule has 0 radical (unpaired) electrons. The highest BCUT2D eigenvalue weighted by Gasteiger charge is 2.09. The van der Waals surface area contributed by atoms with Gasteiger partial charge in [0, 0.05) is 31.0 Å². The van der Waals surface area contributed by atoms with E-state index in [4.69, 9.17) is 0 Å². The van der Waals surface area contributed by atoms with E-state index in [1.54, 1.807) is 12.1 Å². The molecule has 102 valence electrons. The molecule has 0 bridgehead atoms. The zero-order valence-corrected chi connectivity index (χ0v) is 12.0. The first-order valence-electron chi connectivity index (χ1n) is 6.59. The van der Waals surface area contributed by atoms with E-state index in [0.29, 0.717) is 0 Å². The molecule has 0 saturated heterocycles. The Bertz CT molecular complexity index is 572. The van der Waals surface area contributed by atoms with Crippen molar-refractivity contribution in [3.8, 4) is 0 Å². The molecule has 1 aromatic heterocycles. The highest BCUT2D eigenvalue weighted by molar-refractivity contribution is 5.27. The number of nitrogens with one attached hydrogen (secondary N) is 1. The van der Waals surface area contributed by atoms with Gasteiger partial charge in [0.15, 0.2) is 0 Å². The Labute approximate surface area is 114 Å². The highest BCUT2D eigenvalue weighted by Crippen LogP contribution is 2.17. The van der Waals surface area contributed by atoms with Gasteiger partial charge >= 0.3 is 0 Å². The molecule has 0 fully saturated rings. The summed E-state index contributed by atoms with van der Waals surface area (Å²) in [5.41, 5.74) is 4.80. The first-order chi connectivity index (χ1) is 8.99. The van der Waals surface area contributed by atoms with Crippen LogP contribution in [0.4, 0.5) is 4.39 Å². The Kier molecular flexibility index (Phi) is 4.05. The molecule has 2 rings (SSSR count). The molecule has 0 amide bonds. The topological polar surface area (TPSA) is 17.0 Å². The van der Waals surface area contributed by atoms with Crippen molar-refractivity contribution in [1.82, 2.24) is 9.88 Å². The van der Waals surface area contributed by atoms with Crippen LogP contribution in [-0.2, 0) is 13.6 Å². The van der Waals surface area contributed by atoms with Crippen molar-refractivity contribution in [3.63, 3.8) is 0 Å². The van der Waals surface area contributed by atoms with Crippen molar-refractivity contribution < 1.29 is 4.39 Å². The van der Waals surface area contributed by atoms with E-state index in [9.17, 15) is 4.39 Å². The Morgan fingerprint density at radius 3 is 2.58 bits per heavy atom. The van der Waals surface area contributed by atoms with E-state index in [-0.39, 0.29) is 11.9 Å². The van der Waals surface area contributed by atoms with Crippen molar-refractivity contribution in [2.45, 2.75) is 33.4 Å². The largest absolute Gasteiger partial charge is 0.352 e. The average molecular weight is 260 g/mol. The Morgan fingerprint density at radius 1 is 1.26 bits per heavy atom.